The molecule has 0 aliphatic rings. The third kappa shape index (κ3) is 4.67. The molecule has 0 aromatic heterocycles. The van der Waals surface area contributed by atoms with Crippen molar-refractivity contribution in [1.82, 2.24) is 0 Å². The van der Waals surface area contributed by atoms with E-state index in [1.54, 1.807) is 4.90 Å². The smallest absolute Gasteiger partial charge is 0.231 e. The molecule has 0 bridgehead atoms. The maximum atomic E-state index is 12.8. The van der Waals surface area contributed by atoms with Gasteiger partial charge in [-0.2, -0.15) is 0 Å². The van der Waals surface area contributed by atoms with Gasteiger partial charge in [-0.05, 0) is 36.2 Å². The zero-order valence-corrected chi connectivity index (χ0v) is 14.1. The van der Waals surface area contributed by atoms with E-state index in [2.05, 4.69) is 24.3 Å². The monoisotopic (exact) mass is 327 g/mol. The fraction of sp³-hybridized carbons (Fsp3) is 0.0870. The van der Waals surface area contributed by atoms with E-state index in [-0.39, 0.29) is 5.91 Å². The molecule has 1 amide bonds. The first kappa shape index (κ1) is 16.7. The lowest BCUT2D eigenvalue weighted by atomic mass is 10.1. The second-order valence-electron chi connectivity index (χ2n) is 5.75. The normalized spacial score (nSPS) is 10.7. The number of hydrogen-bond acceptors (Lipinski definition) is 1. The van der Waals surface area contributed by atoms with E-state index in [0.717, 1.165) is 16.9 Å². The van der Waals surface area contributed by atoms with Crippen LogP contribution in [0, 0.1) is 0 Å². The summed E-state index contributed by atoms with van der Waals surface area (Å²) in [5.41, 5.74) is 2.94. The number of hydrogen-bond donors (Lipinski definition) is 0. The third-order valence-corrected chi connectivity index (χ3v) is 3.91. The predicted molar refractivity (Wildman–Crippen MR) is 105 cm³/mol. The summed E-state index contributed by atoms with van der Waals surface area (Å²) in [4.78, 5) is 14.6. The van der Waals surface area contributed by atoms with Crippen molar-refractivity contribution in [2.24, 2.45) is 0 Å². The van der Waals surface area contributed by atoms with Crippen LogP contribution in [-0.4, -0.2) is 5.91 Å². The van der Waals surface area contributed by atoms with Gasteiger partial charge in [0.2, 0.25) is 5.91 Å². The maximum Gasteiger partial charge on any atom is 0.231 e. The molecule has 3 rings (SSSR count). The van der Waals surface area contributed by atoms with Crippen molar-refractivity contribution in [3.8, 4) is 0 Å². The maximum absolute atomic E-state index is 12.8. The minimum Gasteiger partial charge on any atom is -0.281 e. The minimum atomic E-state index is 0.0927. The van der Waals surface area contributed by atoms with Crippen LogP contribution >= 0.6 is 0 Å². The Balaban J connectivity index is 1.71. The Morgan fingerprint density at radius 1 is 0.720 bits per heavy atom. The molecular weight excluding hydrogens is 306 g/mol. The highest BCUT2D eigenvalue weighted by Crippen LogP contribution is 2.26. The van der Waals surface area contributed by atoms with E-state index in [9.17, 15) is 4.79 Å². The van der Waals surface area contributed by atoms with Crippen molar-refractivity contribution in [2.45, 2.75) is 12.8 Å². The molecule has 2 heteroatoms. The van der Waals surface area contributed by atoms with Crippen LogP contribution in [0.5, 0.6) is 0 Å². The number of anilines is 2. The molecule has 124 valence electrons. The van der Waals surface area contributed by atoms with Crippen LogP contribution in [0.3, 0.4) is 0 Å². The molecule has 0 aliphatic heterocycles. The zero-order valence-electron chi connectivity index (χ0n) is 14.1. The van der Waals surface area contributed by atoms with Gasteiger partial charge < -0.3 is 0 Å². The molecule has 3 aromatic rings. The van der Waals surface area contributed by atoms with Gasteiger partial charge in [-0.1, -0.05) is 78.9 Å². The quantitative estimate of drug-likeness (QED) is 0.556. The van der Waals surface area contributed by atoms with Gasteiger partial charge in [0.1, 0.15) is 0 Å². The highest BCUT2D eigenvalue weighted by atomic mass is 16.2. The lowest BCUT2D eigenvalue weighted by Crippen LogP contribution is -2.25. The molecule has 0 N–H and O–H groups in total. The molecule has 0 atom stereocenters. The predicted octanol–water partition coefficient (Wildman–Crippen LogP) is 5.84. The summed E-state index contributed by atoms with van der Waals surface area (Å²) < 4.78 is 0. The Bertz CT molecular complexity index is 771. The molecule has 0 saturated heterocycles. The zero-order chi connectivity index (χ0) is 17.3. The lowest BCUT2D eigenvalue weighted by Gasteiger charge is -2.22. The average Bonchev–Trinajstić information content (AvgIpc) is 2.68. The second-order valence-corrected chi connectivity index (χ2v) is 5.75. The van der Waals surface area contributed by atoms with Gasteiger partial charge in [0, 0.05) is 17.8 Å². The summed E-state index contributed by atoms with van der Waals surface area (Å²) in [6, 6.07) is 29.7. The van der Waals surface area contributed by atoms with Crippen LogP contribution in [0.4, 0.5) is 11.4 Å². The van der Waals surface area contributed by atoms with Gasteiger partial charge in [0.15, 0.2) is 0 Å². The summed E-state index contributed by atoms with van der Waals surface area (Å²) in [6.07, 6.45) is 5.29. The number of nitrogens with zero attached hydrogens (tertiary/aromatic N) is 1. The van der Waals surface area contributed by atoms with Crippen molar-refractivity contribution in [3.05, 3.63) is 103 Å². The van der Waals surface area contributed by atoms with Gasteiger partial charge in [0.25, 0.3) is 0 Å². The van der Waals surface area contributed by atoms with E-state index >= 15 is 0 Å². The topological polar surface area (TPSA) is 20.3 Å². The van der Waals surface area contributed by atoms with E-state index in [0.29, 0.717) is 12.8 Å². The largest absolute Gasteiger partial charge is 0.281 e. The van der Waals surface area contributed by atoms with Crippen molar-refractivity contribution in [2.75, 3.05) is 4.90 Å². The van der Waals surface area contributed by atoms with Crippen LogP contribution < -0.4 is 4.90 Å². The minimum absolute atomic E-state index is 0.0927. The van der Waals surface area contributed by atoms with Crippen LogP contribution in [0.1, 0.15) is 18.4 Å². The molecule has 0 aliphatic carbocycles. The van der Waals surface area contributed by atoms with Crippen molar-refractivity contribution < 1.29 is 4.79 Å². The van der Waals surface area contributed by atoms with E-state index in [4.69, 9.17) is 0 Å². The third-order valence-electron chi connectivity index (χ3n) is 3.91. The fourth-order valence-corrected chi connectivity index (χ4v) is 2.69. The Morgan fingerprint density at radius 2 is 1.20 bits per heavy atom. The molecule has 0 heterocycles. The molecular formula is C23H21NO. The van der Waals surface area contributed by atoms with Gasteiger partial charge >= 0.3 is 0 Å². The van der Waals surface area contributed by atoms with E-state index in [1.165, 1.54) is 0 Å². The van der Waals surface area contributed by atoms with Crippen LogP contribution in [0.2, 0.25) is 0 Å². The molecule has 25 heavy (non-hydrogen) atoms. The number of carbonyl (C=O) groups excluding carboxylic acids is 1. The van der Waals surface area contributed by atoms with Crippen molar-refractivity contribution >= 4 is 23.4 Å². The van der Waals surface area contributed by atoms with Crippen molar-refractivity contribution in [1.29, 1.82) is 0 Å². The Kier molecular flexibility index (Phi) is 5.78. The Hall–Kier alpha value is -3.13. The number of benzene rings is 3. The molecule has 3 aromatic carbocycles. The number of para-hydroxylation sites is 2. The van der Waals surface area contributed by atoms with E-state index < -0.39 is 0 Å². The van der Waals surface area contributed by atoms with E-state index in [1.807, 2.05) is 78.9 Å². The molecule has 0 saturated carbocycles. The summed E-state index contributed by atoms with van der Waals surface area (Å²) in [5.74, 6) is 0.0927. The van der Waals surface area contributed by atoms with Crippen LogP contribution in [0.15, 0.2) is 97.1 Å². The number of allylic oxidation sites excluding steroid dienone is 1. The molecule has 0 fully saturated rings. The summed E-state index contributed by atoms with van der Waals surface area (Å²) in [5, 5.41) is 0. The molecule has 0 unspecified atom stereocenters. The van der Waals surface area contributed by atoms with Crippen LogP contribution in [0.25, 0.3) is 6.08 Å². The van der Waals surface area contributed by atoms with Gasteiger partial charge in [-0.15, -0.1) is 0 Å². The summed E-state index contributed by atoms with van der Waals surface area (Å²) in [6.45, 7) is 0. The van der Waals surface area contributed by atoms with Gasteiger partial charge in [-0.3, -0.25) is 9.69 Å². The number of amides is 1. The molecule has 2 nitrogen and oxygen atoms in total. The first-order valence-corrected chi connectivity index (χ1v) is 8.49. The highest BCUT2D eigenvalue weighted by molar-refractivity contribution is 6.00. The second kappa shape index (κ2) is 8.65. The number of rotatable bonds is 6. The Labute approximate surface area is 149 Å². The fourth-order valence-electron chi connectivity index (χ4n) is 2.69. The standard InChI is InChI=1S/C23H21NO/c25-23(19-11-10-14-20-12-4-1-5-13-20)24(21-15-6-2-7-16-21)22-17-8-3-9-18-22/h1-10,12-18H,11,19H2/b14-10+. The average molecular weight is 327 g/mol. The number of carbonyl (C=O) groups is 1. The Morgan fingerprint density at radius 3 is 1.72 bits per heavy atom. The van der Waals surface area contributed by atoms with Crippen LogP contribution in [-0.2, 0) is 4.79 Å². The first-order valence-electron chi connectivity index (χ1n) is 8.49. The molecule has 0 spiro atoms. The lowest BCUT2D eigenvalue weighted by molar-refractivity contribution is -0.117. The van der Waals surface area contributed by atoms with Gasteiger partial charge in [0.05, 0.1) is 0 Å². The molecule has 0 radical (unpaired) electrons. The summed E-state index contributed by atoms with van der Waals surface area (Å²) in [7, 11) is 0. The first-order chi connectivity index (χ1) is 12.3. The summed E-state index contributed by atoms with van der Waals surface area (Å²) >= 11 is 0. The SMILES string of the molecule is O=C(CC/C=C/c1ccccc1)N(c1ccccc1)c1ccccc1. The highest BCUT2D eigenvalue weighted by Gasteiger charge is 2.16. The van der Waals surface area contributed by atoms with Crippen molar-refractivity contribution in [3.63, 3.8) is 0 Å². The van der Waals surface area contributed by atoms with Gasteiger partial charge in [-0.25, -0.2) is 0 Å².